The van der Waals surface area contributed by atoms with Gasteiger partial charge in [0.1, 0.15) is 11.7 Å². The molecule has 0 spiro atoms. The number of hydrogen-bond acceptors (Lipinski definition) is 8. The summed E-state index contributed by atoms with van der Waals surface area (Å²) in [6, 6.07) is 14.9. The van der Waals surface area contributed by atoms with Gasteiger partial charge in [-0.15, -0.1) is 0 Å². The van der Waals surface area contributed by atoms with Crippen molar-refractivity contribution in [1.82, 2.24) is 30.4 Å². The largest absolute Gasteiger partial charge is 0.493 e. The van der Waals surface area contributed by atoms with Crippen molar-refractivity contribution in [2.75, 3.05) is 19.5 Å². The molecule has 2 N–H and O–H groups in total. The standard InChI is InChI=1S/C22H19N7O3/c1-31-16-11-9-14(12-17(16)32-2)20-18-15(10-8-13-6-4-3-5-7-13)24-25-21(30)19(18)23-22-26-27-28-29(20)22/h3-12,20H,1-2H3,(H,25,30)(H,23,26,28)/b10-8+/t20-/m0/s1. The molecule has 0 radical (unpaired) electrons. The van der Waals surface area contributed by atoms with Crippen LogP contribution in [0.15, 0.2) is 53.3 Å². The second-order valence-electron chi connectivity index (χ2n) is 7.06. The number of anilines is 2. The summed E-state index contributed by atoms with van der Waals surface area (Å²) in [5.74, 6) is 1.50. The Bertz CT molecular complexity index is 1360. The Morgan fingerprint density at radius 2 is 1.84 bits per heavy atom. The van der Waals surface area contributed by atoms with Crippen molar-refractivity contribution in [3.63, 3.8) is 0 Å². The summed E-state index contributed by atoms with van der Waals surface area (Å²) in [6.45, 7) is 0. The van der Waals surface area contributed by atoms with Crippen LogP contribution in [0.5, 0.6) is 11.5 Å². The SMILES string of the molecule is COc1ccc([C@H]2c3c(/C=C/c4ccccc4)n[nH]c(=O)c3Nc3nnnn32)cc1OC. The lowest BCUT2D eigenvalue weighted by Gasteiger charge is -2.27. The molecule has 1 aliphatic heterocycles. The molecule has 0 fully saturated rings. The predicted molar refractivity (Wildman–Crippen MR) is 118 cm³/mol. The summed E-state index contributed by atoms with van der Waals surface area (Å²) >= 11 is 0. The van der Waals surface area contributed by atoms with E-state index < -0.39 is 6.04 Å². The van der Waals surface area contributed by atoms with Crippen LogP contribution in [-0.2, 0) is 0 Å². The first kappa shape index (κ1) is 19.5. The Balaban J connectivity index is 1.71. The second kappa shape index (κ2) is 7.99. The normalized spacial score (nSPS) is 14.5. The number of aromatic nitrogens is 6. The minimum Gasteiger partial charge on any atom is -0.493 e. The Morgan fingerprint density at radius 3 is 2.62 bits per heavy atom. The van der Waals surface area contributed by atoms with E-state index >= 15 is 0 Å². The minimum atomic E-state index is -0.513. The molecule has 3 heterocycles. The van der Waals surface area contributed by atoms with Crippen molar-refractivity contribution < 1.29 is 9.47 Å². The summed E-state index contributed by atoms with van der Waals surface area (Å²) < 4.78 is 12.5. The molecule has 0 saturated carbocycles. The van der Waals surface area contributed by atoms with Gasteiger partial charge in [0.25, 0.3) is 5.56 Å². The van der Waals surface area contributed by atoms with Crippen LogP contribution >= 0.6 is 0 Å². The lowest BCUT2D eigenvalue weighted by Crippen LogP contribution is -2.29. The van der Waals surface area contributed by atoms with Crippen molar-refractivity contribution in [3.05, 3.63) is 81.3 Å². The highest BCUT2D eigenvalue weighted by Crippen LogP contribution is 2.40. The molecule has 0 bridgehead atoms. The van der Waals surface area contributed by atoms with Crippen LogP contribution < -0.4 is 20.3 Å². The average molecular weight is 429 g/mol. The van der Waals surface area contributed by atoms with Crippen molar-refractivity contribution in [3.8, 4) is 11.5 Å². The quantitative estimate of drug-likeness (QED) is 0.438. The van der Waals surface area contributed by atoms with E-state index in [0.29, 0.717) is 34.4 Å². The fourth-order valence-corrected chi connectivity index (χ4v) is 3.76. The molecular formula is C22H19N7O3. The maximum atomic E-state index is 12.7. The highest BCUT2D eigenvalue weighted by molar-refractivity contribution is 5.75. The van der Waals surface area contributed by atoms with Crippen molar-refractivity contribution in [2.24, 2.45) is 0 Å². The number of ether oxygens (including phenoxy) is 2. The van der Waals surface area contributed by atoms with E-state index in [1.807, 2.05) is 54.6 Å². The van der Waals surface area contributed by atoms with Gasteiger partial charge in [0, 0.05) is 5.56 Å². The highest BCUT2D eigenvalue weighted by atomic mass is 16.5. The molecule has 0 unspecified atom stereocenters. The molecule has 1 atom stereocenters. The zero-order valence-electron chi connectivity index (χ0n) is 17.3. The van der Waals surface area contributed by atoms with Gasteiger partial charge in [-0.05, 0) is 39.8 Å². The Kier molecular flexibility index (Phi) is 4.86. The van der Waals surface area contributed by atoms with Crippen LogP contribution in [0.3, 0.4) is 0 Å². The molecule has 0 amide bonds. The molecule has 1 aliphatic rings. The van der Waals surface area contributed by atoms with Crippen molar-refractivity contribution in [1.29, 1.82) is 0 Å². The van der Waals surface area contributed by atoms with Crippen LogP contribution in [0.2, 0.25) is 0 Å². The summed E-state index contributed by atoms with van der Waals surface area (Å²) in [5.41, 5.74) is 3.01. The Morgan fingerprint density at radius 1 is 1.03 bits per heavy atom. The third kappa shape index (κ3) is 3.27. The van der Waals surface area contributed by atoms with Gasteiger partial charge in [-0.1, -0.05) is 47.6 Å². The summed E-state index contributed by atoms with van der Waals surface area (Å²) in [7, 11) is 3.15. The van der Waals surface area contributed by atoms with E-state index in [0.717, 1.165) is 11.1 Å². The number of nitrogens with one attached hydrogen (secondary N) is 2. The number of H-pyrrole nitrogens is 1. The molecule has 32 heavy (non-hydrogen) atoms. The second-order valence-corrected chi connectivity index (χ2v) is 7.06. The van der Waals surface area contributed by atoms with Gasteiger partial charge in [0.2, 0.25) is 5.95 Å². The molecule has 5 rings (SSSR count). The van der Waals surface area contributed by atoms with Crippen LogP contribution in [0.25, 0.3) is 12.2 Å². The zero-order chi connectivity index (χ0) is 22.1. The van der Waals surface area contributed by atoms with Gasteiger partial charge in [-0.25, -0.2) is 5.10 Å². The smallest absolute Gasteiger partial charge is 0.288 e. The fraction of sp³-hybridized carbons (Fsp3) is 0.136. The van der Waals surface area contributed by atoms with Gasteiger partial charge >= 0.3 is 0 Å². The third-order valence-corrected chi connectivity index (χ3v) is 5.25. The van der Waals surface area contributed by atoms with Gasteiger partial charge in [-0.3, -0.25) is 4.79 Å². The third-order valence-electron chi connectivity index (χ3n) is 5.25. The topological polar surface area (TPSA) is 120 Å². The van der Waals surface area contributed by atoms with E-state index in [-0.39, 0.29) is 5.56 Å². The minimum absolute atomic E-state index is 0.342. The molecule has 2 aromatic heterocycles. The van der Waals surface area contributed by atoms with Gasteiger partial charge in [0.05, 0.1) is 19.9 Å². The molecule has 10 heteroatoms. The monoisotopic (exact) mass is 429 g/mol. The Hall–Kier alpha value is -4.47. The Labute approximate surface area is 182 Å². The van der Waals surface area contributed by atoms with Crippen LogP contribution in [-0.4, -0.2) is 44.6 Å². The number of aromatic amines is 1. The summed E-state index contributed by atoms with van der Waals surface area (Å²) in [6.07, 6.45) is 3.79. The number of nitrogens with zero attached hydrogens (tertiary/aromatic N) is 5. The fourth-order valence-electron chi connectivity index (χ4n) is 3.76. The first-order valence-electron chi connectivity index (χ1n) is 9.82. The number of tetrazole rings is 1. The molecule has 2 aromatic carbocycles. The predicted octanol–water partition coefficient (Wildman–Crippen LogP) is 2.64. The first-order chi connectivity index (χ1) is 15.7. The van der Waals surface area contributed by atoms with Crippen LogP contribution in [0.4, 0.5) is 11.6 Å². The molecular weight excluding hydrogens is 410 g/mol. The van der Waals surface area contributed by atoms with E-state index in [4.69, 9.17) is 9.47 Å². The molecule has 0 aliphatic carbocycles. The van der Waals surface area contributed by atoms with E-state index in [2.05, 4.69) is 31.0 Å². The highest BCUT2D eigenvalue weighted by Gasteiger charge is 2.33. The lowest BCUT2D eigenvalue weighted by atomic mass is 9.94. The number of benzene rings is 2. The van der Waals surface area contributed by atoms with Crippen LogP contribution in [0.1, 0.15) is 28.4 Å². The summed E-state index contributed by atoms with van der Waals surface area (Å²) in [5, 5.41) is 21.9. The number of rotatable bonds is 5. The van der Waals surface area contributed by atoms with Crippen molar-refractivity contribution >= 4 is 23.8 Å². The maximum absolute atomic E-state index is 12.7. The van der Waals surface area contributed by atoms with Gasteiger partial charge < -0.3 is 14.8 Å². The first-order valence-corrected chi connectivity index (χ1v) is 9.82. The molecule has 160 valence electrons. The lowest BCUT2D eigenvalue weighted by molar-refractivity contribution is 0.354. The zero-order valence-corrected chi connectivity index (χ0v) is 17.3. The summed E-state index contributed by atoms with van der Waals surface area (Å²) in [4.78, 5) is 12.7. The number of fused-ring (bicyclic) bond motifs is 2. The van der Waals surface area contributed by atoms with E-state index in [1.54, 1.807) is 25.0 Å². The van der Waals surface area contributed by atoms with E-state index in [1.165, 1.54) is 0 Å². The maximum Gasteiger partial charge on any atom is 0.288 e. The van der Waals surface area contributed by atoms with Crippen LogP contribution in [0, 0.1) is 0 Å². The number of hydrogen-bond donors (Lipinski definition) is 2. The average Bonchev–Trinajstić information content (AvgIpc) is 3.31. The van der Waals surface area contributed by atoms with Gasteiger partial charge in [-0.2, -0.15) is 9.78 Å². The van der Waals surface area contributed by atoms with E-state index in [9.17, 15) is 4.79 Å². The molecule has 4 aromatic rings. The number of methoxy groups -OCH3 is 2. The molecule has 10 nitrogen and oxygen atoms in total. The molecule has 0 saturated heterocycles. The van der Waals surface area contributed by atoms with Gasteiger partial charge in [0.15, 0.2) is 11.5 Å². The van der Waals surface area contributed by atoms with Crippen molar-refractivity contribution in [2.45, 2.75) is 6.04 Å².